The topological polar surface area (TPSA) is 26.0 Å². The standard InChI is InChI=1S/C4H12BN.B2H4/c1-4(2,3)5-6;1-2/h5H,6H2,1-3H3;1-2H2. The van der Waals surface area contributed by atoms with Gasteiger partial charge in [-0.15, -0.1) is 0 Å². The minimum atomic E-state index is 0.319. The van der Waals surface area contributed by atoms with Gasteiger partial charge in [0.25, 0.3) is 0 Å². The Morgan fingerprint density at radius 2 is 1.38 bits per heavy atom. The van der Waals surface area contributed by atoms with Crippen molar-refractivity contribution in [3.63, 3.8) is 0 Å². The molecule has 0 unspecified atom stereocenters. The van der Waals surface area contributed by atoms with Crippen LogP contribution in [0.5, 0.6) is 0 Å². The van der Waals surface area contributed by atoms with Gasteiger partial charge >= 0.3 is 0 Å². The lowest BCUT2D eigenvalue weighted by molar-refractivity contribution is 0.752. The second-order valence-corrected chi connectivity index (χ2v) is 2.76. The Balaban J connectivity index is 0. The van der Waals surface area contributed by atoms with Crippen LogP contribution >= 0.6 is 0 Å². The van der Waals surface area contributed by atoms with Crippen molar-refractivity contribution < 1.29 is 0 Å². The van der Waals surface area contributed by atoms with Crippen LogP contribution in [0.2, 0.25) is 5.31 Å². The van der Waals surface area contributed by atoms with Crippen LogP contribution in [-0.4, -0.2) is 22.9 Å². The van der Waals surface area contributed by atoms with E-state index in [4.69, 9.17) is 5.64 Å². The first-order valence-electron chi connectivity index (χ1n) is 3.26. The lowest BCUT2D eigenvalue weighted by Gasteiger charge is -2.10. The van der Waals surface area contributed by atoms with Gasteiger partial charge in [-0.1, -0.05) is 20.8 Å². The molecule has 0 spiro atoms. The van der Waals surface area contributed by atoms with Crippen LogP contribution < -0.4 is 5.64 Å². The van der Waals surface area contributed by atoms with Crippen molar-refractivity contribution in [2.24, 2.45) is 5.64 Å². The molecular formula is C4H16B3N. The van der Waals surface area contributed by atoms with Gasteiger partial charge in [0.15, 0.2) is 0 Å². The average molecular weight is 111 g/mol. The smallest absolute Gasteiger partial charge is 0.204 e. The summed E-state index contributed by atoms with van der Waals surface area (Å²) in [5.41, 5.74) is 5.31. The van der Waals surface area contributed by atoms with E-state index in [9.17, 15) is 0 Å². The second-order valence-electron chi connectivity index (χ2n) is 2.76. The average Bonchev–Trinajstić information content (AvgIpc) is 1.71. The van der Waals surface area contributed by atoms with Crippen molar-refractivity contribution >= 4 is 22.9 Å². The molecule has 1 nitrogen and oxygen atoms in total. The maximum Gasteiger partial charge on any atom is 0.204 e. The van der Waals surface area contributed by atoms with E-state index in [1.807, 2.05) is 15.5 Å². The summed E-state index contributed by atoms with van der Waals surface area (Å²) < 4.78 is 0. The monoisotopic (exact) mass is 111 g/mol. The summed E-state index contributed by atoms with van der Waals surface area (Å²) >= 11 is 0. The molecule has 0 aromatic carbocycles. The molecule has 2 N–H and O–H groups in total. The molecule has 0 saturated carbocycles. The zero-order chi connectivity index (χ0) is 7.21. The number of hydrogen-bond donors (Lipinski definition) is 1. The Kier molecular flexibility index (Phi) is 7.29. The fraction of sp³-hybridized carbons (Fsp3) is 1.00. The van der Waals surface area contributed by atoms with Gasteiger partial charge in [-0.25, -0.2) is 0 Å². The van der Waals surface area contributed by atoms with E-state index >= 15 is 0 Å². The zero-order valence-electron chi connectivity index (χ0n) is 6.78. The van der Waals surface area contributed by atoms with E-state index in [1.165, 1.54) is 0 Å². The van der Waals surface area contributed by atoms with Crippen molar-refractivity contribution in [3.05, 3.63) is 0 Å². The number of rotatable bonds is 0. The van der Waals surface area contributed by atoms with Gasteiger partial charge in [0.1, 0.15) is 0 Å². The lowest BCUT2D eigenvalue weighted by Crippen LogP contribution is -2.17. The molecule has 0 fully saturated rings. The molecule has 0 saturated heterocycles. The maximum absolute atomic E-state index is 5.31. The number of hydrogen-bond acceptors (Lipinski definition) is 1. The summed E-state index contributed by atoms with van der Waals surface area (Å²) in [6.07, 6.45) is 0. The predicted molar refractivity (Wildman–Crippen MR) is 48.1 cm³/mol. The fourth-order valence-corrected chi connectivity index (χ4v) is 0. The Bertz CT molecular complexity index is 41.0. The van der Waals surface area contributed by atoms with E-state index in [-0.39, 0.29) is 0 Å². The van der Waals surface area contributed by atoms with E-state index in [0.717, 1.165) is 7.41 Å². The van der Waals surface area contributed by atoms with Gasteiger partial charge in [-0.2, -0.15) is 0 Å². The molecule has 0 aromatic rings. The SMILES string of the molecule is BB.CC(C)(C)BN. The summed E-state index contributed by atoms with van der Waals surface area (Å²) in [6, 6.07) is 0. The molecule has 0 aliphatic heterocycles. The van der Waals surface area contributed by atoms with Crippen LogP contribution in [0.4, 0.5) is 0 Å². The molecule has 0 aliphatic carbocycles. The van der Waals surface area contributed by atoms with E-state index in [2.05, 4.69) is 20.8 Å². The highest BCUT2D eigenvalue weighted by molar-refractivity contribution is 6.75. The molecule has 0 heterocycles. The molecule has 8 heavy (non-hydrogen) atoms. The first-order chi connectivity index (χ1) is 3.56. The third-order valence-corrected chi connectivity index (χ3v) is 0.612. The van der Waals surface area contributed by atoms with Crippen molar-refractivity contribution in [2.45, 2.75) is 26.1 Å². The molecule has 0 bridgehead atoms. The quantitative estimate of drug-likeness (QED) is 0.385. The van der Waals surface area contributed by atoms with E-state index < -0.39 is 0 Å². The summed E-state index contributed by atoms with van der Waals surface area (Å²) in [7, 11) is 4.77. The third-order valence-electron chi connectivity index (χ3n) is 0.612. The Morgan fingerprint density at radius 1 is 1.25 bits per heavy atom. The van der Waals surface area contributed by atoms with Gasteiger partial charge < -0.3 is 5.64 Å². The van der Waals surface area contributed by atoms with Crippen molar-refractivity contribution in [1.29, 1.82) is 0 Å². The summed E-state index contributed by atoms with van der Waals surface area (Å²) in [5, 5.41) is 0.319. The molecule has 0 aliphatic rings. The highest BCUT2D eigenvalue weighted by Crippen LogP contribution is 2.16. The van der Waals surface area contributed by atoms with Crippen LogP contribution in [0, 0.1) is 0 Å². The van der Waals surface area contributed by atoms with Crippen molar-refractivity contribution in [2.75, 3.05) is 0 Å². The van der Waals surface area contributed by atoms with Gasteiger partial charge in [0, 0.05) is 0 Å². The van der Waals surface area contributed by atoms with Crippen molar-refractivity contribution in [1.82, 2.24) is 0 Å². The second kappa shape index (κ2) is 5.29. The minimum absolute atomic E-state index is 0.319. The number of nitrogens with two attached hydrogens (primary N) is 1. The Hall–Kier alpha value is 0.155. The molecular weight excluding hydrogens is 94.5 g/mol. The Labute approximate surface area is 55.5 Å². The first kappa shape index (κ1) is 11.0. The zero-order valence-corrected chi connectivity index (χ0v) is 6.78. The summed E-state index contributed by atoms with van der Waals surface area (Å²) in [5.74, 6) is 0. The van der Waals surface area contributed by atoms with Gasteiger partial charge in [-0.3, -0.25) is 0 Å². The van der Waals surface area contributed by atoms with Gasteiger partial charge in [-0.05, 0) is 5.31 Å². The molecule has 0 aromatic heterocycles. The molecule has 4 heteroatoms. The van der Waals surface area contributed by atoms with Crippen molar-refractivity contribution in [3.8, 4) is 0 Å². The molecule has 46 valence electrons. The maximum atomic E-state index is 5.31. The Morgan fingerprint density at radius 3 is 1.38 bits per heavy atom. The van der Waals surface area contributed by atoms with E-state index in [1.54, 1.807) is 0 Å². The molecule has 0 rings (SSSR count). The first-order valence-corrected chi connectivity index (χ1v) is 3.26. The van der Waals surface area contributed by atoms with Crippen LogP contribution in [-0.2, 0) is 0 Å². The van der Waals surface area contributed by atoms with E-state index in [0.29, 0.717) is 5.31 Å². The fourth-order valence-electron chi connectivity index (χ4n) is 0. The normalized spacial score (nSPS) is 9.00. The highest BCUT2D eigenvalue weighted by Gasteiger charge is 2.06. The van der Waals surface area contributed by atoms with Crippen LogP contribution in [0.25, 0.3) is 0 Å². The summed E-state index contributed by atoms with van der Waals surface area (Å²) in [4.78, 5) is 0. The largest absolute Gasteiger partial charge is 0.372 e. The molecule has 0 radical (unpaired) electrons. The van der Waals surface area contributed by atoms with Gasteiger partial charge in [0.2, 0.25) is 7.41 Å². The van der Waals surface area contributed by atoms with Crippen LogP contribution in [0.3, 0.4) is 0 Å². The minimum Gasteiger partial charge on any atom is -0.372 e. The van der Waals surface area contributed by atoms with Crippen LogP contribution in [0.15, 0.2) is 0 Å². The highest BCUT2D eigenvalue weighted by atomic mass is 14.4. The van der Waals surface area contributed by atoms with Gasteiger partial charge in [0.05, 0.1) is 15.5 Å². The molecule has 0 atom stereocenters. The summed E-state index contributed by atoms with van der Waals surface area (Å²) in [6.45, 7) is 6.35. The molecule has 0 amide bonds. The predicted octanol–water partition coefficient (Wildman–Crippen LogP) is -1.32. The lowest BCUT2D eigenvalue weighted by atomic mass is 9.66. The van der Waals surface area contributed by atoms with Crippen LogP contribution in [0.1, 0.15) is 20.8 Å². The third kappa shape index (κ3) is 16.4.